The smallest absolute Gasteiger partial charge is 0.351 e. The van der Waals surface area contributed by atoms with Gasteiger partial charge in [0.1, 0.15) is 18.1 Å². The van der Waals surface area contributed by atoms with E-state index in [0.717, 1.165) is 4.57 Å². The summed E-state index contributed by atoms with van der Waals surface area (Å²) < 4.78 is 11.9. The van der Waals surface area contributed by atoms with E-state index in [9.17, 15) is 14.7 Å². The summed E-state index contributed by atoms with van der Waals surface area (Å²) in [7, 11) is 0. The van der Waals surface area contributed by atoms with Crippen LogP contribution in [-0.2, 0) is 14.3 Å². The van der Waals surface area contributed by atoms with Gasteiger partial charge in [0.25, 0.3) is 0 Å². The lowest BCUT2D eigenvalue weighted by Crippen LogP contribution is -2.44. The van der Waals surface area contributed by atoms with E-state index in [0.29, 0.717) is 0 Å². The summed E-state index contributed by atoms with van der Waals surface area (Å²) in [5.74, 6) is -1.20. The summed E-state index contributed by atoms with van der Waals surface area (Å²) in [6.45, 7) is 2.08. The van der Waals surface area contributed by atoms with Crippen LogP contribution in [0.25, 0.3) is 10.4 Å². The van der Waals surface area contributed by atoms with Crippen LogP contribution >= 0.6 is 0 Å². The Bertz CT molecular complexity index is 714. The zero-order chi connectivity index (χ0) is 17.2. The van der Waals surface area contributed by atoms with E-state index in [-0.39, 0.29) is 5.82 Å². The van der Waals surface area contributed by atoms with Gasteiger partial charge in [0.05, 0.1) is 6.61 Å². The molecule has 1 aliphatic rings. The molecule has 0 amide bonds. The Morgan fingerprint density at radius 1 is 1.74 bits per heavy atom. The monoisotopic (exact) mass is 324 g/mol. The van der Waals surface area contributed by atoms with Gasteiger partial charge in [-0.25, -0.2) is 4.79 Å². The summed E-state index contributed by atoms with van der Waals surface area (Å²) >= 11 is 0. The molecule has 2 rings (SSSR count). The molecule has 3 N–H and O–H groups in total. The van der Waals surface area contributed by atoms with E-state index in [1.807, 2.05) is 0 Å². The number of nitrogen functional groups attached to an aromatic ring is 1. The van der Waals surface area contributed by atoms with Gasteiger partial charge >= 0.3 is 11.7 Å². The molecule has 0 aliphatic carbocycles. The number of hydrogen-bond acceptors (Lipinski definition) is 8. The predicted octanol–water partition coefficient (Wildman–Crippen LogP) is -0.0790. The second kappa shape index (κ2) is 6.24. The first-order valence-corrected chi connectivity index (χ1v) is 6.71. The van der Waals surface area contributed by atoms with Gasteiger partial charge in [-0.2, -0.15) is 4.98 Å². The maximum atomic E-state index is 12.0. The van der Waals surface area contributed by atoms with Crippen molar-refractivity contribution in [2.75, 3.05) is 12.3 Å². The number of carbonyl (C=O) groups excluding carboxylic acids is 1. The van der Waals surface area contributed by atoms with Crippen LogP contribution in [0.15, 0.2) is 22.2 Å². The van der Waals surface area contributed by atoms with Crippen molar-refractivity contribution >= 4 is 11.8 Å². The lowest BCUT2D eigenvalue weighted by atomic mass is 9.98. The molecule has 0 bridgehead atoms. The second-order valence-electron chi connectivity index (χ2n) is 5.13. The van der Waals surface area contributed by atoms with Crippen molar-refractivity contribution in [3.63, 3.8) is 0 Å². The lowest BCUT2D eigenvalue weighted by molar-refractivity contribution is -0.165. The molecule has 1 aromatic heterocycles. The highest BCUT2D eigenvalue weighted by molar-refractivity contribution is 5.66. The van der Waals surface area contributed by atoms with E-state index in [2.05, 4.69) is 15.0 Å². The molecule has 0 aromatic carbocycles. The maximum Gasteiger partial charge on any atom is 0.351 e. The fraction of sp³-hybridized carbons (Fsp3) is 0.583. The Kier molecular flexibility index (Phi) is 4.55. The molecule has 23 heavy (non-hydrogen) atoms. The van der Waals surface area contributed by atoms with E-state index in [1.165, 1.54) is 19.2 Å². The average molecular weight is 324 g/mol. The number of rotatable bonds is 4. The van der Waals surface area contributed by atoms with Gasteiger partial charge < -0.3 is 20.3 Å². The number of ether oxygens (including phenoxy) is 2. The molecule has 0 spiro atoms. The minimum Gasteiger partial charge on any atom is -0.459 e. The number of aliphatic hydroxyl groups is 1. The first-order chi connectivity index (χ1) is 10.8. The molecule has 2 heterocycles. The third kappa shape index (κ3) is 2.97. The zero-order valence-corrected chi connectivity index (χ0v) is 12.5. The minimum atomic E-state index is -1.83. The van der Waals surface area contributed by atoms with Crippen molar-refractivity contribution in [1.29, 1.82) is 0 Å². The quantitative estimate of drug-likeness (QED) is 0.338. The van der Waals surface area contributed by atoms with Crippen LogP contribution < -0.4 is 11.4 Å². The third-order valence-electron chi connectivity index (χ3n) is 3.56. The number of hydrogen-bond donors (Lipinski definition) is 2. The van der Waals surface area contributed by atoms with E-state index < -0.39 is 42.2 Å². The van der Waals surface area contributed by atoms with Crippen molar-refractivity contribution in [3.8, 4) is 0 Å². The fourth-order valence-corrected chi connectivity index (χ4v) is 2.57. The van der Waals surface area contributed by atoms with Crippen molar-refractivity contribution in [2.24, 2.45) is 11.0 Å². The highest BCUT2D eigenvalue weighted by atomic mass is 16.6. The van der Waals surface area contributed by atoms with Gasteiger partial charge in [-0.1, -0.05) is 12.0 Å². The Labute approximate surface area is 130 Å². The Balaban J connectivity index is 2.49. The van der Waals surface area contributed by atoms with Gasteiger partial charge in [0.2, 0.25) is 5.72 Å². The number of azide groups is 1. The molecule has 1 saturated heterocycles. The molecule has 4 atom stereocenters. The fourth-order valence-electron chi connectivity index (χ4n) is 2.57. The molecule has 0 saturated carbocycles. The van der Waals surface area contributed by atoms with Gasteiger partial charge in [-0.3, -0.25) is 9.36 Å². The van der Waals surface area contributed by atoms with Crippen molar-refractivity contribution in [2.45, 2.75) is 31.9 Å². The average Bonchev–Trinajstić information content (AvgIpc) is 2.74. The SMILES string of the molecule is CC(=O)O[C@H]1[C@H](C)[C@H](n2ccc(N)nc2=O)O[C@@]1(CO)N=[N+]=[N-]. The number of aromatic nitrogens is 2. The lowest BCUT2D eigenvalue weighted by Gasteiger charge is -2.27. The van der Waals surface area contributed by atoms with Gasteiger partial charge in [-0.15, -0.1) is 0 Å². The second-order valence-corrected chi connectivity index (χ2v) is 5.13. The first kappa shape index (κ1) is 16.7. The maximum absolute atomic E-state index is 12.0. The van der Waals surface area contributed by atoms with Crippen LogP contribution in [0, 0.1) is 5.92 Å². The van der Waals surface area contributed by atoms with Crippen LogP contribution in [0.4, 0.5) is 5.82 Å². The Hall–Kier alpha value is -2.62. The van der Waals surface area contributed by atoms with E-state index in [4.69, 9.17) is 20.7 Å². The standard InChI is InChI=1S/C12H16N6O5/c1-6-9(22-7(2)20)12(5-19,16-17-14)23-10(6)18-4-3-8(13)15-11(18)21/h3-4,6,9-10,19H,5H2,1-2H3,(H2,13,15,21)/t6-,9-,10+,12+/m0/s1. The largest absolute Gasteiger partial charge is 0.459 e. The molecule has 11 nitrogen and oxygen atoms in total. The van der Waals surface area contributed by atoms with Crippen LogP contribution in [0.2, 0.25) is 0 Å². The van der Waals surface area contributed by atoms with E-state index in [1.54, 1.807) is 6.92 Å². The topological polar surface area (TPSA) is 165 Å². The predicted molar refractivity (Wildman–Crippen MR) is 76.7 cm³/mol. The van der Waals surface area contributed by atoms with Crippen LogP contribution in [-0.4, -0.2) is 39.1 Å². The summed E-state index contributed by atoms with van der Waals surface area (Å²) in [5.41, 5.74) is 11.7. The van der Waals surface area contributed by atoms with Crippen molar-refractivity contribution in [3.05, 3.63) is 33.2 Å². The van der Waals surface area contributed by atoms with Crippen LogP contribution in [0.5, 0.6) is 0 Å². The molecular weight excluding hydrogens is 308 g/mol. The number of nitrogens with two attached hydrogens (primary N) is 1. The normalized spacial score (nSPS) is 29.8. The minimum absolute atomic E-state index is 0.0388. The van der Waals surface area contributed by atoms with Gasteiger partial charge in [0, 0.05) is 24.0 Å². The summed E-state index contributed by atoms with van der Waals surface area (Å²) in [6.07, 6.45) is -0.673. The molecule has 11 heteroatoms. The third-order valence-corrected chi connectivity index (χ3v) is 3.56. The van der Waals surface area contributed by atoms with Crippen LogP contribution in [0.3, 0.4) is 0 Å². The van der Waals surface area contributed by atoms with Crippen molar-refractivity contribution < 1.29 is 19.4 Å². The Morgan fingerprint density at radius 3 is 2.96 bits per heavy atom. The van der Waals surface area contributed by atoms with Crippen molar-refractivity contribution in [1.82, 2.24) is 9.55 Å². The summed E-state index contributed by atoms with van der Waals surface area (Å²) in [6, 6.07) is 1.39. The number of carbonyl (C=O) groups is 1. The van der Waals surface area contributed by atoms with E-state index >= 15 is 0 Å². The number of nitrogens with zero attached hydrogens (tertiary/aromatic N) is 5. The molecule has 1 aromatic rings. The van der Waals surface area contributed by atoms with Gasteiger partial charge in [0.15, 0.2) is 0 Å². The molecule has 1 fully saturated rings. The molecule has 0 radical (unpaired) electrons. The zero-order valence-electron chi connectivity index (χ0n) is 12.5. The summed E-state index contributed by atoms with van der Waals surface area (Å²) in [4.78, 5) is 29.5. The Morgan fingerprint density at radius 2 is 2.43 bits per heavy atom. The summed E-state index contributed by atoms with van der Waals surface area (Å²) in [5, 5.41) is 13.1. The van der Waals surface area contributed by atoms with Crippen LogP contribution in [0.1, 0.15) is 20.1 Å². The number of anilines is 1. The first-order valence-electron chi connectivity index (χ1n) is 6.71. The number of aliphatic hydroxyl groups excluding tert-OH is 1. The molecule has 124 valence electrons. The molecular formula is C12H16N6O5. The highest BCUT2D eigenvalue weighted by Crippen LogP contribution is 2.43. The number of esters is 1. The molecule has 1 aliphatic heterocycles. The van der Waals surface area contributed by atoms with Gasteiger partial charge in [-0.05, 0) is 11.6 Å². The highest BCUT2D eigenvalue weighted by Gasteiger charge is 2.56. The molecule has 0 unspecified atom stereocenters.